The molecule has 0 aliphatic heterocycles. The summed E-state index contributed by atoms with van der Waals surface area (Å²) in [5, 5.41) is 3.74. The van der Waals surface area contributed by atoms with Gasteiger partial charge in [-0.25, -0.2) is 0 Å². The summed E-state index contributed by atoms with van der Waals surface area (Å²) in [4.78, 5) is 0. The van der Waals surface area contributed by atoms with Crippen molar-refractivity contribution < 1.29 is 0 Å². The standard InChI is InChI=1S/C18H29N/c1-13-8-6-7-9-17(13)15-10-16(11-15)19-12-14(2)18(3,4)5/h6-9,14-16,19H,10-12H2,1-5H3. The molecule has 0 aromatic heterocycles. The minimum absolute atomic E-state index is 0.409. The average molecular weight is 259 g/mol. The van der Waals surface area contributed by atoms with E-state index in [0.717, 1.165) is 24.4 Å². The molecule has 0 heterocycles. The highest BCUT2D eigenvalue weighted by Crippen LogP contribution is 2.38. The van der Waals surface area contributed by atoms with Crippen LogP contribution in [0.4, 0.5) is 0 Å². The van der Waals surface area contributed by atoms with E-state index in [-0.39, 0.29) is 0 Å². The number of aryl methyl sites for hydroxylation is 1. The summed E-state index contributed by atoms with van der Waals surface area (Å²) in [5.41, 5.74) is 3.42. The molecule has 1 aliphatic carbocycles. The molecular formula is C18H29N. The zero-order chi connectivity index (χ0) is 14.0. The lowest BCUT2D eigenvalue weighted by molar-refractivity contribution is 0.215. The van der Waals surface area contributed by atoms with E-state index in [1.807, 2.05) is 0 Å². The van der Waals surface area contributed by atoms with Crippen molar-refractivity contribution in [3.05, 3.63) is 35.4 Å². The van der Waals surface area contributed by atoms with Gasteiger partial charge in [0.15, 0.2) is 0 Å². The highest BCUT2D eigenvalue weighted by Gasteiger charge is 2.31. The highest BCUT2D eigenvalue weighted by molar-refractivity contribution is 5.31. The van der Waals surface area contributed by atoms with Gasteiger partial charge >= 0.3 is 0 Å². The predicted octanol–water partition coefficient (Wildman–Crippen LogP) is 4.51. The maximum absolute atomic E-state index is 3.74. The SMILES string of the molecule is Cc1ccccc1C1CC(NCC(C)C(C)(C)C)C1. The van der Waals surface area contributed by atoms with Crippen LogP contribution < -0.4 is 5.32 Å². The molecule has 0 bridgehead atoms. The summed E-state index contributed by atoms with van der Waals surface area (Å²) >= 11 is 0. The van der Waals surface area contributed by atoms with E-state index < -0.39 is 0 Å². The molecule has 1 atom stereocenters. The van der Waals surface area contributed by atoms with Crippen molar-refractivity contribution in [1.82, 2.24) is 5.32 Å². The van der Waals surface area contributed by atoms with Crippen LogP contribution in [-0.4, -0.2) is 12.6 Å². The molecule has 2 rings (SSSR count). The van der Waals surface area contributed by atoms with E-state index in [1.54, 1.807) is 5.56 Å². The maximum Gasteiger partial charge on any atom is 0.00788 e. The number of hydrogen-bond acceptors (Lipinski definition) is 1. The second-order valence-electron chi connectivity index (χ2n) is 7.40. The summed E-state index contributed by atoms with van der Waals surface area (Å²) in [6, 6.07) is 9.57. The molecule has 1 saturated carbocycles. The van der Waals surface area contributed by atoms with Crippen molar-refractivity contribution >= 4 is 0 Å². The van der Waals surface area contributed by atoms with Crippen molar-refractivity contribution in [3.63, 3.8) is 0 Å². The lowest BCUT2D eigenvalue weighted by Gasteiger charge is -2.39. The largest absolute Gasteiger partial charge is 0.314 e. The molecule has 0 radical (unpaired) electrons. The third-order valence-electron chi connectivity index (χ3n) is 4.96. The second kappa shape index (κ2) is 5.66. The molecule has 1 heteroatoms. The Bertz CT molecular complexity index is 410. The Morgan fingerprint density at radius 1 is 1.21 bits per heavy atom. The Hall–Kier alpha value is -0.820. The van der Waals surface area contributed by atoms with Crippen LogP contribution >= 0.6 is 0 Å². The lowest BCUT2D eigenvalue weighted by atomic mass is 9.74. The van der Waals surface area contributed by atoms with Gasteiger partial charge in [-0.3, -0.25) is 0 Å². The molecule has 0 spiro atoms. The third-order valence-corrected chi connectivity index (χ3v) is 4.96. The van der Waals surface area contributed by atoms with Crippen molar-refractivity contribution in [1.29, 1.82) is 0 Å². The second-order valence-corrected chi connectivity index (χ2v) is 7.40. The molecule has 1 aromatic carbocycles. The van der Waals surface area contributed by atoms with E-state index in [9.17, 15) is 0 Å². The van der Waals surface area contributed by atoms with Crippen LogP contribution in [0.1, 0.15) is 57.6 Å². The zero-order valence-corrected chi connectivity index (χ0v) is 13.2. The molecule has 1 aromatic rings. The lowest BCUT2D eigenvalue weighted by Crippen LogP contribution is -2.43. The van der Waals surface area contributed by atoms with Gasteiger partial charge in [0.05, 0.1) is 0 Å². The minimum Gasteiger partial charge on any atom is -0.314 e. The summed E-state index contributed by atoms with van der Waals surface area (Å²) in [5.74, 6) is 1.51. The average Bonchev–Trinajstić information content (AvgIpc) is 2.27. The minimum atomic E-state index is 0.409. The number of nitrogens with one attached hydrogen (secondary N) is 1. The summed E-state index contributed by atoms with van der Waals surface area (Å²) in [7, 11) is 0. The fourth-order valence-electron chi connectivity index (χ4n) is 2.73. The summed E-state index contributed by atoms with van der Waals surface area (Å²) < 4.78 is 0. The fraction of sp³-hybridized carbons (Fsp3) is 0.667. The van der Waals surface area contributed by atoms with E-state index in [4.69, 9.17) is 0 Å². The van der Waals surface area contributed by atoms with Gasteiger partial charge in [-0.15, -0.1) is 0 Å². The predicted molar refractivity (Wildman–Crippen MR) is 83.6 cm³/mol. The van der Waals surface area contributed by atoms with Crippen LogP contribution in [0.5, 0.6) is 0 Å². The molecule has 0 amide bonds. The van der Waals surface area contributed by atoms with Gasteiger partial charge in [0.1, 0.15) is 0 Å². The van der Waals surface area contributed by atoms with Crippen LogP contribution in [0.3, 0.4) is 0 Å². The Morgan fingerprint density at radius 3 is 2.42 bits per heavy atom. The van der Waals surface area contributed by atoms with E-state index in [1.165, 1.54) is 18.4 Å². The quantitative estimate of drug-likeness (QED) is 0.838. The first-order valence-corrected chi connectivity index (χ1v) is 7.67. The van der Waals surface area contributed by atoms with Crippen LogP contribution in [0, 0.1) is 18.3 Å². The van der Waals surface area contributed by atoms with Gasteiger partial charge in [0.25, 0.3) is 0 Å². The molecule has 1 aliphatic rings. The van der Waals surface area contributed by atoms with Crippen LogP contribution in [0.2, 0.25) is 0 Å². The number of benzene rings is 1. The molecule has 1 N–H and O–H groups in total. The van der Waals surface area contributed by atoms with E-state index in [0.29, 0.717) is 5.41 Å². The van der Waals surface area contributed by atoms with E-state index >= 15 is 0 Å². The van der Waals surface area contributed by atoms with Gasteiger partial charge in [-0.05, 0) is 54.7 Å². The van der Waals surface area contributed by atoms with Gasteiger partial charge in [0.2, 0.25) is 0 Å². The summed E-state index contributed by atoms with van der Waals surface area (Å²) in [6.45, 7) is 12.7. The first-order valence-electron chi connectivity index (χ1n) is 7.67. The number of rotatable bonds is 4. The monoisotopic (exact) mass is 259 g/mol. The van der Waals surface area contributed by atoms with Gasteiger partial charge in [-0.2, -0.15) is 0 Å². The number of hydrogen-bond donors (Lipinski definition) is 1. The molecule has 106 valence electrons. The smallest absolute Gasteiger partial charge is 0.00788 e. The summed E-state index contributed by atoms with van der Waals surface area (Å²) in [6.07, 6.45) is 2.61. The van der Waals surface area contributed by atoms with Crippen molar-refractivity contribution in [2.75, 3.05) is 6.54 Å². The normalized spacial score (nSPS) is 24.9. The van der Waals surface area contributed by atoms with Gasteiger partial charge < -0.3 is 5.32 Å². The Balaban J connectivity index is 1.77. The molecule has 1 nitrogen and oxygen atoms in total. The van der Waals surface area contributed by atoms with Crippen LogP contribution in [0.15, 0.2) is 24.3 Å². The van der Waals surface area contributed by atoms with E-state index in [2.05, 4.69) is 64.2 Å². The van der Waals surface area contributed by atoms with Crippen molar-refractivity contribution in [3.8, 4) is 0 Å². The van der Waals surface area contributed by atoms with Crippen LogP contribution in [-0.2, 0) is 0 Å². The highest BCUT2D eigenvalue weighted by atomic mass is 14.9. The Morgan fingerprint density at radius 2 is 1.84 bits per heavy atom. The fourth-order valence-corrected chi connectivity index (χ4v) is 2.73. The third kappa shape index (κ3) is 3.60. The maximum atomic E-state index is 3.74. The topological polar surface area (TPSA) is 12.0 Å². The van der Waals surface area contributed by atoms with Gasteiger partial charge in [0, 0.05) is 6.04 Å². The molecule has 1 unspecified atom stereocenters. The van der Waals surface area contributed by atoms with Crippen molar-refractivity contribution in [2.24, 2.45) is 11.3 Å². The Labute approximate surface area is 118 Å². The first-order chi connectivity index (χ1) is 8.88. The molecule has 0 saturated heterocycles. The molecular weight excluding hydrogens is 230 g/mol. The molecule has 1 fully saturated rings. The van der Waals surface area contributed by atoms with Crippen LogP contribution in [0.25, 0.3) is 0 Å². The molecule has 19 heavy (non-hydrogen) atoms. The van der Waals surface area contributed by atoms with Gasteiger partial charge in [-0.1, -0.05) is 52.0 Å². The zero-order valence-electron chi connectivity index (χ0n) is 13.2. The Kier molecular flexibility index (Phi) is 4.35. The van der Waals surface area contributed by atoms with Crippen molar-refractivity contribution in [2.45, 2.75) is 59.4 Å². The first kappa shape index (κ1) is 14.6.